The Morgan fingerprint density at radius 2 is 2.07 bits per heavy atom. The van der Waals surface area contributed by atoms with Crippen molar-refractivity contribution in [3.05, 3.63) is 58.8 Å². The van der Waals surface area contributed by atoms with Crippen LogP contribution in [0.25, 0.3) is 0 Å². The highest BCUT2D eigenvalue weighted by Crippen LogP contribution is 2.29. The molecule has 2 aromatic heterocycles. The van der Waals surface area contributed by atoms with Crippen LogP contribution in [0.1, 0.15) is 32.9 Å². The van der Waals surface area contributed by atoms with Gasteiger partial charge < -0.3 is 24.0 Å². The van der Waals surface area contributed by atoms with Crippen LogP contribution in [0.15, 0.2) is 30.7 Å². The summed E-state index contributed by atoms with van der Waals surface area (Å²) >= 11 is 3.87. The normalized spacial score (nSPS) is 10.6. The lowest BCUT2D eigenvalue weighted by molar-refractivity contribution is 0.0589. The molecule has 0 bridgehead atoms. The van der Waals surface area contributed by atoms with Gasteiger partial charge in [-0.05, 0) is 24.1 Å². The molecule has 0 saturated carbocycles. The van der Waals surface area contributed by atoms with Crippen LogP contribution >= 0.6 is 12.9 Å². The molecule has 0 aliphatic carbocycles. The fourth-order valence-electron chi connectivity index (χ4n) is 3.01. The first-order chi connectivity index (χ1) is 14.0. The molecule has 3 rings (SSSR count). The largest absolute Gasteiger partial charge is 0.496 e. The monoisotopic (exact) mass is 415 g/mol. The molecular weight excluding hydrogens is 394 g/mol. The van der Waals surface area contributed by atoms with E-state index >= 15 is 0 Å². The summed E-state index contributed by atoms with van der Waals surface area (Å²) < 4.78 is 17.1. The average Bonchev–Trinajstić information content (AvgIpc) is 3.17. The summed E-state index contributed by atoms with van der Waals surface area (Å²) in [5, 5.41) is 0. The van der Waals surface area contributed by atoms with Crippen molar-refractivity contribution >= 4 is 24.8 Å². The maximum atomic E-state index is 11.8. The number of nitrogens with two attached hydrogens (primary N) is 1. The minimum absolute atomic E-state index is 0.124. The smallest absolute Gasteiger partial charge is 0.356 e. The number of nitrogen functional groups attached to an aromatic ring is 1. The zero-order valence-corrected chi connectivity index (χ0v) is 17.1. The maximum Gasteiger partial charge on any atom is 0.356 e. The van der Waals surface area contributed by atoms with Crippen molar-refractivity contribution in [1.82, 2.24) is 19.5 Å². The number of rotatable bonds is 7. The molecule has 0 aliphatic heterocycles. The Kier molecular flexibility index (Phi) is 6.23. The number of anilines is 1. The molecule has 0 spiro atoms. The number of carbonyl (C=O) groups excluding carboxylic acids is 1. The van der Waals surface area contributed by atoms with E-state index in [4.69, 9.17) is 19.4 Å². The number of esters is 1. The number of nitrogens with zero attached hydrogens (tertiary/aromatic N) is 4. The van der Waals surface area contributed by atoms with E-state index in [1.807, 2.05) is 25.1 Å². The van der Waals surface area contributed by atoms with Crippen molar-refractivity contribution in [3.63, 3.8) is 0 Å². The number of aromatic nitrogens is 4. The standard InChI is InChI=1S/C19H21N5O4S/c1-11-14(17(28-29)23-19(20)22-11)7-13-5-4-12(6-16(13)26-2)9-24-10-21-8-15(24)18(25)27-3/h4-6,8,10,29H,7,9H2,1-3H3,(H2,20,22,23). The van der Waals surface area contributed by atoms with Crippen LogP contribution in [0.2, 0.25) is 0 Å². The molecule has 0 atom stereocenters. The Bertz CT molecular complexity index is 1040. The zero-order valence-electron chi connectivity index (χ0n) is 16.2. The molecule has 2 N–H and O–H groups in total. The third-order valence-electron chi connectivity index (χ3n) is 4.46. The number of carbonyl (C=O) groups is 1. The molecule has 1 aromatic carbocycles. The van der Waals surface area contributed by atoms with Gasteiger partial charge >= 0.3 is 5.97 Å². The molecule has 0 radical (unpaired) electrons. The lowest BCUT2D eigenvalue weighted by atomic mass is 10.0. The van der Waals surface area contributed by atoms with Crippen LogP contribution in [0.3, 0.4) is 0 Å². The molecule has 2 heterocycles. The predicted molar refractivity (Wildman–Crippen MR) is 109 cm³/mol. The number of benzene rings is 1. The Morgan fingerprint density at radius 1 is 1.28 bits per heavy atom. The van der Waals surface area contributed by atoms with Crippen molar-refractivity contribution < 1.29 is 18.5 Å². The van der Waals surface area contributed by atoms with E-state index in [0.717, 1.165) is 16.7 Å². The summed E-state index contributed by atoms with van der Waals surface area (Å²) in [6, 6.07) is 5.81. The number of hydrogen-bond donors (Lipinski definition) is 2. The van der Waals surface area contributed by atoms with Crippen LogP contribution in [-0.2, 0) is 17.7 Å². The molecule has 3 aromatic rings. The van der Waals surface area contributed by atoms with Crippen LogP contribution in [-0.4, -0.2) is 39.7 Å². The SMILES string of the molecule is COC(=O)c1cncn1Cc1ccc(Cc2c(C)nc(N)nc2OS)c(OC)c1. The Morgan fingerprint density at radius 3 is 2.76 bits per heavy atom. The third-order valence-corrected chi connectivity index (χ3v) is 4.63. The molecule has 0 unspecified atom stereocenters. The van der Waals surface area contributed by atoms with Crippen molar-refractivity contribution in [3.8, 4) is 11.6 Å². The van der Waals surface area contributed by atoms with Gasteiger partial charge in [0.2, 0.25) is 11.8 Å². The van der Waals surface area contributed by atoms with Crippen LogP contribution in [0, 0.1) is 6.92 Å². The van der Waals surface area contributed by atoms with E-state index in [2.05, 4.69) is 27.9 Å². The van der Waals surface area contributed by atoms with Crippen LogP contribution in [0.5, 0.6) is 11.6 Å². The first-order valence-electron chi connectivity index (χ1n) is 8.65. The highest BCUT2D eigenvalue weighted by atomic mass is 32.1. The summed E-state index contributed by atoms with van der Waals surface area (Å²) in [5.41, 5.74) is 9.37. The van der Waals surface area contributed by atoms with E-state index in [9.17, 15) is 4.79 Å². The molecule has 29 heavy (non-hydrogen) atoms. The highest BCUT2D eigenvalue weighted by molar-refractivity contribution is 7.75. The minimum atomic E-state index is -0.441. The average molecular weight is 415 g/mol. The van der Waals surface area contributed by atoms with Gasteiger partial charge in [0.1, 0.15) is 11.4 Å². The van der Waals surface area contributed by atoms with E-state index in [-0.39, 0.29) is 5.95 Å². The quantitative estimate of drug-likeness (QED) is 0.343. The number of ether oxygens (including phenoxy) is 2. The second-order valence-electron chi connectivity index (χ2n) is 6.26. The Balaban J connectivity index is 1.89. The second-order valence-corrected chi connectivity index (χ2v) is 6.45. The fraction of sp³-hybridized carbons (Fsp3) is 0.263. The van der Waals surface area contributed by atoms with Gasteiger partial charge in [-0.15, -0.1) is 0 Å². The molecule has 0 fully saturated rings. The van der Waals surface area contributed by atoms with Gasteiger partial charge in [-0.25, -0.2) is 14.8 Å². The van der Waals surface area contributed by atoms with Crippen molar-refractivity contribution in [2.24, 2.45) is 0 Å². The van der Waals surface area contributed by atoms with E-state index < -0.39 is 5.97 Å². The molecule has 0 amide bonds. The van der Waals surface area contributed by atoms with Crippen LogP contribution in [0.4, 0.5) is 5.95 Å². The van der Waals surface area contributed by atoms with Gasteiger partial charge in [0.05, 0.1) is 32.4 Å². The molecule has 9 nitrogen and oxygen atoms in total. The lowest BCUT2D eigenvalue weighted by Crippen LogP contribution is -2.11. The molecule has 152 valence electrons. The fourth-order valence-corrected chi connectivity index (χ4v) is 3.16. The van der Waals surface area contributed by atoms with Gasteiger partial charge in [-0.2, -0.15) is 4.98 Å². The highest BCUT2D eigenvalue weighted by Gasteiger charge is 2.16. The summed E-state index contributed by atoms with van der Waals surface area (Å²) in [6.07, 6.45) is 3.53. The van der Waals surface area contributed by atoms with Gasteiger partial charge in [0, 0.05) is 31.4 Å². The van der Waals surface area contributed by atoms with Gasteiger partial charge in [0.25, 0.3) is 0 Å². The van der Waals surface area contributed by atoms with Gasteiger partial charge in [0.15, 0.2) is 0 Å². The number of methoxy groups -OCH3 is 2. The topological polar surface area (TPSA) is 114 Å². The third kappa shape index (κ3) is 4.43. The van der Waals surface area contributed by atoms with Gasteiger partial charge in [-0.1, -0.05) is 12.1 Å². The maximum absolute atomic E-state index is 11.8. The van der Waals surface area contributed by atoms with Crippen molar-refractivity contribution in [2.75, 3.05) is 20.0 Å². The summed E-state index contributed by atoms with van der Waals surface area (Å²) in [6.45, 7) is 2.27. The van der Waals surface area contributed by atoms with Crippen molar-refractivity contribution in [1.29, 1.82) is 0 Å². The van der Waals surface area contributed by atoms with E-state index in [1.165, 1.54) is 13.3 Å². The predicted octanol–water partition coefficient (Wildman–Crippen LogP) is 2.22. The van der Waals surface area contributed by atoms with Gasteiger partial charge in [-0.3, -0.25) is 0 Å². The van der Waals surface area contributed by atoms with Crippen LogP contribution < -0.4 is 14.7 Å². The minimum Gasteiger partial charge on any atom is -0.496 e. The van der Waals surface area contributed by atoms with E-state index in [0.29, 0.717) is 36.0 Å². The Hall–Kier alpha value is -3.27. The lowest BCUT2D eigenvalue weighted by Gasteiger charge is -2.14. The van der Waals surface area contributed by atoms with Crippen molar-refractivity contribution in [2.45, 2.75) is 19.9 Å². The second kappa shape index (κ2) is 8.82. The number of thiol groups is 1. The molecule has 10 heteroatoms. The molecule has 0 aliphatic rings. The summed E-state index contributed by atoms with van der Waals surface area (Å²) in [5.74, 6) is 0.678. The summed E-state index contributed by atoms with van der Waals surface area (Å²) in [7, 11) is 2.94. The number of imidazole rings is 1. The van der Waals surface area contributed by atoms with E-state index in [1.54, 1.807) is 18.0 Å². The zero-order chi connectivity index (χ0) is 21.0. The summed E-state index contributed by atoms with van der Waals surface area (Å²) in [4.78, 5) is 24.1. The molecular formula is C19H21N5O4S. The Labute approximate surface area is 173 Å². The number of aryl methyl sites for hydroxylation is 1. The first kappa shape index (κ1) is 20.5. The first-order valence-corrected chi connectivity index (χ1v) is 9.02. The molecule has 0 saturated heterocycles. The number of hydrogen-bond acceptors (Lipinski definition) is 9.